The van der Waals surface area contributed by atoms with Crippen molar-refractivity contribution in [1.29, 1.82) is 0 Å². The van der Waals surface area contributed by atoms with Crippen molar-refractivity contribution in [2.45, 2.75) is 26.7 Å². The number of hydrogen-bond acceptors (Lipinski definition) is 2. The second-order valence-corrected chi connectivity index (χ2v) is 5.60. The molecule has 0 saturated heterocycles. The predicted molar refractivity (Wildman–Crippen MR) is 95.8 cm³/mol. The van der Waals surface area contributed by atoms with Crippen LogP contribution in [0.4, 0.5) is 5.69 Å². The molecule has 0 aliphatic carbocycles. The van der Waals surface area contributed by atoms with Crippen LogP contribution in [0.2, 0.25) is 0 Å². The van der Waals surface area contributed by atoms with Crippen molar-refractivity contribution in [3.63, 3.8) is 0 Å². The number of anilines is 1. The quantitative estimate of drug-likeness (QED) is 0.774. The third-order valence-electron chi connectivity index (χ3n) is 3.46. The van der Waals surface area contributed by atoms with Gasteiger partial charge in [-0.3, -0.25) is 4.79 Å². The molecule has 2 rings (SSSR count). The lowest BCUT2D eigenvalue weighted by Crippen LogP contribution is -2.07. The number of rotatable bonds is 6. The Morgan fingerprint density at radius 1 is 1.09 bits per heavy atom. The number of ether oxygens (including phenoxy) is 1. The van der Waals surface area contributed by atoms with Crippen LogP contribution in [0, 0.1) is 0 Å². The number of carbonyl (C=O) groups excluding carboxylic acids is 1. The molecule has 2 aromatic carbocycles. The maximum atomic E-state index is 12.0. The Morgan fingerprint density at radius 3 is 2.30 bits per heavy atom. The summed E-state index contributed by atoms with van der Waals surface area (Å²) in [5, 5.41) is 2.86. The lowest BCUT2D eigenvalue weighted by atomic mass is 10.0. The average molecular weight is 309 g/mol. The monoisotopic (exact) mass is 309 g/mol. The number of hydrogen-bond donors (Lipinski definition) is 1. The predicted octanol–water partition coefficient (Wildman–Crippen LogP) is 4.86. The van der Waals surface area contributed by atoms with Crippen molar-refractivity contribution in [1.82, 2.24) is 0 Å². The fourth-order valence-corrected chi connectivity index (χ4v) is 2.15. The normalized spacial score (nSPS) is 11.0. The molecule has 0 fully saturated rings. The highest BCUT2D eigenvalue weighted by Crippen LogP contribution is 2.17. The number of benzene rings is 2. The smallest absolute Gasteiger partial charge is 0.248 e. The first-order valence-corrected chi connectivity index (χ1v) is 7.90. The van der Waals surface area contributed by atoms with Crippen LogP contribution in [-0.4, -0.2) is 12.5 Å². The second kappa shape index (κ2) is 8.18. The lowest BCUT2D eigenvalue weighted by molar-refractivity contribution is -0.111. The fraction of sp³-hybridized carbons (Fsp3) is 0.250. The van der Waals surface area contributed by atoms with Crippen LogP contribution in [0.1, 0.15) is 37.8 Å². The van der Waals surface area contributed by atoms with Gasteiger partial charge in [0.1, 0.15) is 5.75 Å². The van der Waals surface area contributed by atoms with Gasteiger partial charge in [0, 0.05) is 11.8 Å². The van der Waals surface area contributed by atoms with Gasteiger partial charge in [0.25, 0.3) is 0 Å². The van der Waals surface area contributed by atoms with E-state index in [1.165, 1.54) is 11.6 Å². The summed E-state index contributed by atoms with van der Waals surface area (Å²) in [6, 6.07) is 15.6. The standard InChI is InChI=1S/C20H23NO2/c1-4-23-19-12-5-16(6-13-19)7-14-20(22)21-18-10-8-17(9-11-18)15(2)3/h5-15H,4H2,1-3H3,(H,21,22)/b14-7+. The molecule has 0 aliphatic rings. The Hall–Kier alpha value is -2.55. The summed E-state index contributed by atoms with van der Waals surface area (Å²) in [4.78, 5) is 12.0. The summed E-state index contributed by atoms with van der Waals surface area (Å²) in [5.74, 6) is 1.18. The molecule has 0 radical (unpaired) electrons. The maximum Gasteiger partial charge on any atom is 0.248 e. The Kier molecular flexibility index (Phi) is 5.98. The van der Waals surface area contributed by atoms with E-state index in [0.29, 0.717) is 12.5 Å². The number of carbonyl (C=O) groups is 1. The van der Waals surface area contributed by atoms with Gasteiger partial charge in [0.2, 0.25) is 5.91 Å². The van der Waals surface area contributed by atoms with Crippen LogP contribution in [0.5, 0.6) is 5.75 Å². The van der Waals surface area contributed by atoms with Crippen LogP contribution in [0.15, 0.2) is 54.6 Å². The molecule has 3 heteroatoms. The van der Waals surface area contributed by atoms with E-state index in [-0.39, 0.29) is 5.91 Å². The van der Waals surface area contributed by atoms with Gasteiger partial charge in [-0.25, -0.2) is 0 Å². The van der Waals surface area contributed by atoms with Crippen molar-refractivity contribution >= 4 is 17.7 Å². The minimum Gasteiger partial charge on any atom is -0.494 e. The van der Waals surface area contributed by atoms with E-state index in [0.717, 1.165) is 17.0 Å². The van der Waals surface area contributed by atoms with Crippen molar-refractivity contribution in [3.05, 3.63) is 65.7 Å². The highest BCUT2D eigenvalue weighted by atomic mass is 16.5. The van der Waals surface area contributed by atoms with Crippen LogP contribution in [0.3, 0.4) is 0 Å². The molecule has 1 N–H and O–H groups in total. The van der Waals surface area contributed by atoms with Crippen LogP contribution >= 0.6 is 0 Å². The van der Waals surface area contributed by atoms with Gasteiger partial charge >= 0.3 is 0 Å². The minimum absolute atomic E-state index is 0.142. The highest BCUT2D eigenvalue weighted by molar-refractivity contribution is 6.01. The van der Waals surface area contributed by atoms with Crippen LogP contribution < -0.4 is 10.1 Å². The third kappa shape index (κ3) is 5.29. The molecule has 23 heavy (non-hydrogen) atoms. The van der Waals surface area contributed by atoms with Gasteiger partial charge in [-0.15, -0.1) is 0 Å². The second-order valence-electron chi connectivity index (χ2n) is 5.60. The minimum atomic E-state index is -0.142. The number of amides is 1. The average Bonchev–Trinajstić information content (AvgIpc) is 2.55. The first-order chi connectivity index (χ1) is 11.1. The largest absolute Gasteiger partial charge is 0.494 e. The summed E-state index contributed by atoms with van der Waals surface area (Å²) in [5.41, 5.74) is 3.02. The molecular formula is C20H23NO2. The fourth-order valence-electron chi connectivity index (χ4n) is 2.15. The third-order valence-corrected chi connectivity index (χ3v) is 3.46. The van der Waals surface area contributed by atoms with Gasteiger partial charge in [-0.1, -0.05) is 38.1 Å². The summed E-state index contributed by atoms with van der Waals surface area (Å²) in [7, 11) is 0. The first kappa shape index (κ1) is 16.8. The lowest BCUT2D eigenvalue weighted by Gasteiger charge is -2.07. The Labute approximate surface area is 138 Å². The summed E-state index contributed by atoms with van der Waals surface area (Å²) >= 11 is 0. The Balaban J connectivity index is 1.93. The zero-order valence-electron chi connectivity index (χ0n) is 13.9. The van der Waals surface area contributed by atoms with Crippen molar-refractivity contribution < 1.29 is 9.53 Å². The maximum absolute atomic E-state index is 12.0. The van der Waals surface area contributed by atoms with E-state index in [4.69, 9.17) is 4.74 Å². The summed E-state index contributed by atoms with van der Waals surface area (Å²) in [6.45, 7) is 6.89. The zero-order valence-corrected chi connectivity index (χ0v) is 13.9. The molecule has 120 valence electrons. The molecule has 0 bridgehead atoms. The van der Waals surface area contributed by atoms with Gasteiger partial charge in [-0.05, 0) is 54.3 Å². The molecule has 0 atom stereocenters. The van der Waals surface area contributed by atoms with Crippen molar-refractivity contribution in [2.24, 2.45) is 0 Å². The van der Waals surface area contributed by atoms with Gasteiger partial charge in [0.15, 0.2) is 0 Å². The molecule has 0 spiro atoms. The molecule has 2 aromatic rings. The molecule has 1 amide bonds. The van der Waals surface area contributed by atoms with E-state index in [1.54, 1.807) is 6.08 Å². The van der Waals surface area contributed by atoms with Crippen molar-refractivity contribution in [3.8, 4) is 5.75 Å². The molecule has 3 nitrogen and oxygen atoms in total. The van der Waals surface area contributed by atoms with Crippen LogP contribution in [0.25, 0.3) is 6.08 Å². The van der Waals surface area contributed by atoms with Gasteiger partial charge in [-0.2, -0.15) is 0 Å². The Bertz CT molecular complexity index is 655. The van der Waals surface area contributed by atoms with E-state index < -0.39 is 0 Å². The van der Waals surface area contributed by atoms with Crippen molar-refractivity contribution in [2.75, 3.05) is 11.9 Å². The Morgan fingerprint density at radius 2 is 1.74 bits per heavy atom. The zero-order chi connectivity index (χ0) is 16.7. The summed E-state index contributed by atoms with van der Waals surface area (Å²) < 4.78 is 5.39. The molecule has 0 aromatic heterocycles. The molecule has 0 unspecified atom stereocenters. The SMILES string of the molecule is CCOc1ccc(/C=C/C(=O)Nc2ccc(C(C)C)cc2)cc1. The van der Waals surface area contributed by atoms with E-state index in [9.17, 15) is 4.79 Å². The topological polar surface area (TPSA) is 38.3 Å². The molecule has 0 aliphatic heterocycles. The molecular weight excluding hydrogens is 286 g/mol. The van der Waals surface area contributed by atoms with Crippen LogP contribution in [-0.2, 0) is 4.79 Å². The highest BCUT2D eigenvalue weighted by Gasteiger charge is 2.01. The van der Waals surface area contributed by atoms with Gasteiger partial charge in [0.05, 0.1) is 6.61 Å². The number of nitrogens with one attached hydrogen (secondary N) is 1. The van der Waals surface area contributed by atoms with E-state index >= 15 is 0 Å². The van der Waals surface area contributed by atoms with E-state index in [2.05, 4.69) is 19.2 Å². The van der Waals surface area contributed by atoms with Gasteiger partial charge < -0.3 is 10.1 Å². The summed E-state index contributed by atoms with van der Waals surface area (Å²) in [6.07, 6.45) is 3.32. The molecule has 0 heterocycles. The molecule has 0 saturated carbocycles. The first-order valence-electron chi connectivity index (χ1n) is 7.90. The van der Waals surface area contributed by atoms with E-state index in [1.807, 2.05) is 55.5 Å².